The molecule has 10 nitrogen and oxygen atoms in total. The van der Waals surface area contributed by atoms with Crippen LogP contribution in [0, 0.1) is 18.6 Å². The minimum absolute atomic E-state index is 0.0669. The topological polar surface area (TPSA) is 167 Å². The van der Waals surface area contributed by atoms with E-state index in [1.807, 2.05) is 56.6 Å². The molecule has 3 aromatic heterocycles. The van der Waals surface area contributed by atoms with Gasteiger partial charge in [-0.2, -0.15) is 5.10 Å². The highest BCUT2D eigenvalue weighted by Crippen LogP contribution is 2.29. The maximum absolute atomic E-state index is 13.4. The molecular formula is C34H35F2N9O. The number of hydrogen-bond donors (Lipinski definition) is 5. The fraction of sp³-hybridized carbons (Fsp3) is 0.176. The number of pyridine rings is 1. The Morgan fingerprint density at radius 2 is 1.72 bits per heavy atom. The first-order valence-corrected chi connectivity index (χ1v) is 14.6. The molecule has 12 heteroatoms. The molecule has 0 bridgehead atoms. The van der Waals surface area contributed by atoms with E-state index in [0.717, 1.165) is 57.5 Å². The molecular weight excluding hydrogens is 588 g/mol. The lowest BCUT2D eigenvalue weighted by molar-refractivity contribution is 0.0953. The number of nitrogens with one attached hydrogen (secondary N) is 2. The Bertz CT molecular complexity index is 2000. The molecule has 236 valence electrons. The van der Waals surface area contributed by atoms with Gasteiger partial charge in [0.1, 0.15) is 11.6 Å². The summed E-state index contributed by atoms with van der Waals surface area (Å²) in [5, 5.41) is 6.92. The third-order valence-electron chi connectivity index (χ3n) is 7.41. The van der Waals surface area contributed by atoms with Crippen LogP contribution in [-0.4, -0.2) is 43.7 Å². The number of nitrogens with two attached hydrogens (primary N) is 3. The van der Waals surface area contributed by atoms with Crippen LogP contribution < -0.4 is 22.5 Å². The normalized spacial score (nSPS) is 10.9. The van der Waals surface area contributed by atoms with Gasteiger partial charge in [-0.3, -0.25) is 9.48 Å². The number of hydrogen-bond acceptors (Lipinski definition) is 7. The summed E-state index contributed by atoms with van der Waals surface area (Å²) in [4.78, 5) is 24.5. The van der Waals surface area contributed by atoms with Crippen molar-refractivity contribution in [3.8, 4) is 22.5 Å². The number of benzene rings is 3. The number of aryl methyl sites for hydroxylation is 2. The van der Waals surface area contributed by atoms with Gasteiger partial charge in [0.15, 0.2) is 11.6 Å². The Morgan fingerprint density at radius 1 is 0.935 bits per heavy atom. The number of nitrogen functional groups attached to an aromatic ring is 2. The van der Waals surface area contributed by atoms with Gasteiger partial charge in [0.2, 0.25) is 0 Å². The molecule has 0 unspecified atom stereocenters. The SMILES string of the molecule is Cc1cc(CCN)ccc1N.Cn1cc(-c2cnc(N)c(-c3nc4ccc(CCNC(=O)c5ccc(F)c(F)c5)cc4[nH]3)c2)cn1. The zero-order chi connectivity index (χ0) is 32.8. The van der Waals surface area contributed by atoms with E-state index in [2.05, 4.69) is 31.4 Å². The van der Waals surface area contributed by atoms with E-state index in [4.69, 9.17) is 17.2 Å². The smallest absolute Gasteiger partial charge is 0.251 e. The second kappa shape index (κ2) is 14.0. The van der Waals surface area contributed by atoms with Crippen LogP contribution in [0.4, 0.5) is 20.3 Å². The van der Waals surface area contributed by atoms with Crippen LogP contribution in [-0.2, 0) is 19.9 Å². The summed E-state index contributed by atoms with van der Waals surface area (Å²) in [6.45, 7) is 3.03. The van der Waals surface area contributed by atoms with Crippen molar-refractivity contribution in [3.63, 3.8) is 0 Å². The Morgan fingerprint density at radius 3 is 2.43 bits per heavy atom. The highest BCUT2D eigenvalue weighted by atomic mass is 19.2. The van der Waals surface area contributed by atoms with Crippen LogP contribution in [0.15, 0.2) is 79.3 Å². The Kier molecular flexibility index (Phi) is 9.67. The molecule has 0 saturated heterocycles. The molecule has 0 aliphatic heterocycles. The molecule has 0 saturated carbocycles. The van der Waals surface area contributed by atoms with E-state index in [9.17, 15) is 13.6 Å². The van der Waals surface area contributed by atoms with Gasteiger partial charge >= 0.3 is 0 Å². The summed E-state index contributed by atoms with van der Waals surface area (Å²) in [5.74, 6) is -1.56. The number of H-pyrrole nitrogens is 1. The minimum Gasteiger partial charge on any atom is -0.399 e. The van der Waals surface area contributed by atoms with Gasteiger partial charge in [0.25, 0.3) is 5.91 Å². The number of nitrogens with zero attached hydrogens (tertiary/aromatic N) is 4. The average molecular weight is 624 g/mol. The molecule has 8 N–H and O–H groups in total. The molecule has 0 atom stereocenters. The highest BCUT2D eigenvalue weighted by molar-refractivity contribution is 5.94. The number of carbonyl (C=O) groups is 1. The number of imidazole rings is 1. The quantitative estimate of drug-likeness (QED) is 0.150. The van der Waals surface area contributed by atoms with E-state index in [1.165, 1.54) is 11.6 Å². The van der Waals surface area contributed by atoms with Crippen molar-refractivity contribution in [3.05, 3.63) is 113 Å². The standard InChI is InChI=1S/C25H21F2N7O.C9H14N2/c1-34-13-17(12-31-34)16-9-18(23(28)30-11-16)24-32-21-5-2-14(8-22(21)33-24)6-7-29-25(35)15-3-4-19(26)20(27)10-15;1-7-6-8(4-5-10)2-3-9(7)11/h2-5,8-13H,6-7H2,1H3,(H2,28,30)(H,29,35)(H,32,33);2-3,6H,4-5,10-11H2,1H3. The van der Waals surface area contributed by atoms with E-state index in [1.54, 1.807) is 17.1 Å². The molecule has 0 spiro atoms. The predicted molar refractivity (Wildman–Crippen MR) is 177 cm³/mol. The van der Waals surface area contributed by atoms with Crippen LogP contribution in [0.3, 0.4) is 0 Å². The van der Waals surface area contributed by atoms with Crippen molar-refractivity contribution in [1.82, 2.24) is 30.0 Å². The molecule has 3 aromatic carbocycles. The van der Waals surface area contributed by atoms with Crippen LogP contribution in [0.5, 0.6) is 0 Å². The summed E-state index contributed by atoms with van der Waals surface area (Å²) < 4.78 is 28.1. The van der Waals surface area contributed by atoms with Crippen LogP contribution in [0.1, 0.15) is 27.0 Å². The number of anilines is 2. The van der Waals surface area contributed by atoms with Crippen molar-refractivity contribution < 1.29 is 13.6 Å². The molecule has 3 heterocycles. The first-order chi connectivity index (χ1) is 22.1. The van der Waals surface area contributed by atoms with Gasteiger partial charge in [-0.1, -0.05) is 18.2 Å². The number of carbonyl (C=O) groups excluding carboxylic acids is 1. The van der Waals surface area contributed by atoms with E-state index in [0.29, 0.717) is 36.7 Å². The maximum Gasteiger partial charge on any atom is 0.251 e. The largest absolute Gasteiger partial charge is 0.399 e. The third kappa shape index (κ3) is 7.53. The van der Waals surface area contributed by atoms with Crippen LogP contribution in [0.25, 0.3) is 33.5 Å². The second-order valence-corrected chi connectivity index (χ2v) is 10.9. The fourth-order valence-corrected chi connectivity index (χ4v) is 4.85. The van der Waals surface area contributed by atoms with Gasteiger partial charge in [0, 0.05) is 48.4 Å². The van der Waals surface area contributed by atoms with E-state index < -0.39 is 17.5 Å². The zero-order valence-corrected chi connectivity index (χ0v) is 25.5. The molecule has 6 aromatic rings. The number of amides is 1. The minimum atomic E-state index is -1.06. The molecule has 0 radical (unpaired) electrons. The number of fused-ring (bicyclic) bond motifs is 1. The van der Waals surface area contributed by atoms with Crippen molar-refractivity contribution in [2.75, 3.05) is 24.6 Å². The number of halogens is 2. The fourth-order valence-electron chi connectivity index (χ4n) is 4.85. The number of aromatic amines is 1. The lowest BCUT2D eigenvalue weighted by Gasteiger charge is -2.06. The molecule has 1 amide bonds. The van der Waals surface area contributed by atoms with Crippen molar-refractivity contribution >= 4 is 28.4 Å². The lowest BCUT2D eigenvalue weighted by Crippen LogP contribution is -2.25. The molecule has 0 aliphatic rings. The summed E-state index contributed by atoms with van der Waals surface area (Å²) in [7, 11) is 1.85. The summed E-state index contributed by atoms with van der Waals surface area (Å²) in [5.41, 5.74) is 25.6. The average Bonchev–Trinajstić information content (AvgIpc) is 3.67. The maximum atomic E-state index is 13.4. The lowest BCUT2D eigenvalue weighted by atomic mass is 10.1. The second-order valence-electron chi connectivity index (χ2n) is 10.9. The van der Waals surface area contributed by atoms with E-state index in [-0.39, 0.29) is 5.56 Å². The monoisotopic (exact) mass is 623 g/mol. The predicted octanol–water partition coefficient (Wildman–Crippen LogP) is 4.94. The Balaban J connectivity index is 0.000000322. The molecule has 0 aliphatic carbocycles. The van der Waals surface area contributed by atoms with Gasteiger partial charge in [-0.25, -0.2) is 18.7 Å². The van der Waals surface area contributed by atoms with Crippen LogP contribution >= 0.6 is 0 Å². The Hall–Kier alpha value is -5.62. The van der Waals surface area contributed by atoms with Crippen LogP contribution in [0.2, 0.25) is 0 Å². The summed E-state index contributed by atoms with van der Waals surface area (Å²) in [6.07, 6.45) is 6.83. The number of rotatable bonds is 8. The van der Waals surface area contributed by atoms with Gasteiger partial charge in [0.05, 0.1) is 22.8 Å². The van der Waals surface area contributed by atoms with Crippen molar-refractivity contribution in [2.24, 2.45) is 12.8 Å². The summed E-state index contributed by atoms with van der Waals surface area (Å²) >= 11 is 0. The molecule has 0 fully saturated rings. The first-order valence-electron chi connectivity index (χ1n) is 14.6. The van der Waals surface area contributed by atoms with Gasteiger partial charge in [-0.05, 0) is 85.5 Å². The first kappa shape index (κ1) is 31.8. The van der Waals surface area contributed by atoms with Crippen molar-refractivity contribution in [2.45, 2.75) is 19.8 Å². The zero-order valence-electron chi connectivity index (χ0n) is 25.5. The van der Waals surface area contributed by atoms with Gasteiger partial charge in [-0.15, -0.1) is 0 Å². The molecule has 6 rings (SSSR count). The Labute approximate surface area is 264 Å². The third-order valence-corrected chi connectivity index (χ3v) is 7.41. The molecule has 46 heavy (non-hydrogen) atoms. The summed E-state index contributed by atoms with van der Waals surface area (Å²) in [6, 6.07) is 16.8. The number of aromatic nitrogens is 5. The van der Waals surface area contributed by atoms with Gasteiger partial charge < -0.3 is 27.5 Å². The highest BCUT2D eigenvalue weighted by Gasteiger charge is 2.13. The van der Waals surface area contributed by atoms with E-state index >= 15 is 0 Å². The van der Waals surface area contributed by atoms with Crippen molar-refractivity contribution in [1.29, 1.82) is 0 Å².